The molecule has 128 valence electrons. The maximum absolute atomic E-state index is 13.4. The molecule has 0 heterocycles. The highest BCUT2D eigenvalue weighted by Gasteiger charge is 2.15. The quantitative estimate of drug-likeness (QED) is 0.396. The van der Waals surface area contributed by atoms with Gasteiger partial charge in [-0.15, -0.1) is 0 Å². The van der Waals surface area contributed by atoms with E-state index in [1.54, 1.807) is 0 Å². The van der Waals surface area contributed by atoms with E-state index in [1.807, 2.05) is 19.0 Å². The van der Waals surface area contributed by atoms with Gasteiger partial charge in [-0.25, -0.2) is 13.2 Å². The minimum atomic E-state index is -1.63. The fourth-order valence-corrected chi connectivity index (χ4v) is 1.81. The Labute approximate surface area is 138 Å². The molecule has 0 aliphatic heterocycles. The zero-order chi connectivity index (χ0) is 17.4. The van der Waals surface area contributed by atoms with E-state index in [2.05, 4.69) is 16.0 Å². The number of carbonyl (C=O) groups excluding carboxylic acids is 1. The Morgan fingerprint density at radius 3 is 2.52 bits per heavy atom. The number of carbonyl (C=O) groups is 1. The zero-order valence-corrected chi connectivity index (χ0v) is 13.7. The maximum Gasteiger partial charge on any atom is 0.243 e. The Morgan fingerprint density at radius 2 is 1.87 bits per heavy atom. The molecule has 9 heteroatoms. The van der Waals surface area contributed by atoms with Gasteiger partial charge >= 0.3 is 0 Å². The molecule has 0 aromatic heterocycles. The molecule has 0 spiro atoms. The Morgan fingerprint density at radius 1 is 1.17 bits per heavy atom. The first-order chi connectivity index (χ1) is 10.8. The monoisotopic (exact) mass is 348 g/mol. The second-order valence-electron chi connectivity index (χ2n) is 5.04. The van der Waals surface area contributed by atoms with Crippen molar-refractivity contribution in [3.05, 3.63) is 29.6 Å². The first kappa shape index (κ1) is 19.2. The third-order valence-electron chi connectivity index (χ3n) is 2.79. The van der Waals surface area contributed by atoms with Gasteiger partial charge < -0.3 is 20.9 Å². The number of thiocarbonyl (C=S) groups is 1. The Hall–Kier alpha value is -1.87. The van der Waals surface area contributed by atoms with E-state index in [4.69, 9.17) is 12.2 Å². The van der Waals surface area contributed by atoms with Gasteiger partial charge in [0.1, 0.15) is 0 Å². The molecule has 1 amide bonds. The van der Waals surface area contributed by atoms with Crippen molar-refractivity contribution in [2.24, 2.45) is 0 Å². The van der Waals surface area contributed by atoms with Crippen LogP contribution in [0.2, 0.25) is 0 Å². The van der Waals surface area contributed by atoms with Crippen molar-refractivity contribution in [3.63, 3.8) is 0 Å². The molecule has 0 saturated heterocycles. The molecule has 0 atom stereocenters. The molecule has 1 rings (SSSR count). The molecule has 0 saturated carbocycles. The van der Waals surface area contributed by atoms with E-state index in [9.17, 15) is 18.0 Å². The lowest BCUT2D eigenvalue weighted by molar-refractivity contribution is -0.115. The molecular formula is C14H19F3N4OS. The Balaban J connectivity index is 2.34. The highest BCUT2D eigenvalue weighted by molar-refractivity contribution is 7.80. The van der Waals surface area contributed by atoms with E-state index in [-0.39, 0.29) is 11.7 Å². The molecule has 5 nitrogen and oxygen atoms in total. The molecule has 0 aliphatic rings. The number of nitrogens with zero attached hydrogens (tertiary/aromatic N) is 1. The molecule has 0 radical (unpaired) electrons. The lowest BCUT2D eigenvalue weighted by atomic mass is 10.2. The van der Waals surface area contributed by atoms with Crippen LogP contribution in [0.15, 0.2) is 12.1 Å². The minimum Gasteiger partial charge on any atom is -0.363 e. The summed E-state index contributed by atoms with van der Waals surface area (Å²) < 4.78 is 39.2. The normalized spacial score (nSPS) is 10.5. The van der Waals surface area contributed by atoms with Crippen LogP contribution in [-0.2, 0) is 4.79 Å². The number of halogens is 3. The summed E-state index contributed by atoms with van der Waals surface area (Å²) in [4.78, 5) is 13.7. The van der Waals surface area contributed by atoms with Crippen LogP contribution in [0.5, 0.6) is 0 Å². The molecule has 0 fully saturated rings. The van der Waals surface area contributed by atoms with Crippen molar-refractivity contribution in [1.82, 2.24) is 15.5 Å². The summed E-state index contributed by atoms with van der Waals surface area (Å²) in [5, 5.41) is 7.98. The largest absolute Gasteiger partial charge is 0.363 e. The number of hydrogen-bond donors (Lipinski definition) is 3. The summed E-state index contributed by atoms with van der Waals surface area (Å²) in [6, 6.07) is 1.68. The average Bonchev–Trinajstić information content (AvgIpc) is 2.50. The van der Waals surface area contributed by atoms with E-state index < -0.39 is 29.0 Å². The highest BCUT2D eigenvalue weighted by atomic mass is 32.1. The number of nitrogens with one attached hydrogen (secondary N) is 3. The van der Waals surface area contributed by atoms with Gasteiger partial charge in [-0.2, -0.15) is 0 Å². The van der Waals surface area contributed by atoms with Gasteiger partial charge in [-0.3, -0.25) is 4.79 Å². The van der Waals surface area contributed by atoms with E-state index in [0.717, 1.165) is 25.1 Å². The second kappa shape index (κ2) is 9.31. The summed E-state index contributed by atoms with van der Waals surface area (Å²) in [5.41, 5.74) is -0.430. The third kappa shape index (κ3) is 6.83. The zero-order valence-electron chi connectivity index (χ0n) is 12.9. The van der Waals surface area contributed by atoms with Gasteiger partial charge in [-0.05, 0) is 51.4 Å². The molecule has 1 aromatic carbocycles. The van der Waals surface area contributed by atoms with Gasteiger partial charge in [0.05, 0.1) is 12.2 Å². The van der Waals surface area contributed by atoms with Crippen molar-refractivity contribution < 1.29 is 18.0 Å². The van der Waals surface area contributed by atoms with Crippen molar-refractivity contribution in [3.8, 4) is 0 Å². The van der Waals surface area contributed by atoms with Crippen molar-refractivity contribution >= 4 is 28.9 Å². The SMILES string of the molecule is CN(C)CCCNC(=S)NCC(=O)Nc1ccc(F)c(F)c1F. The van der Waals surface area contributed by atoms with Gasteiger partial charge in [0.25, 0.3) is 0 Å². The van der Waals surface area contributed by atoms with Crippen LogP contribution >= 0.6 is 12.2 Å². The van der Waals surface area contributed by atoms with Crippen LogP contribution in [0.1, 0.15) is 6.42 Å². The first-order valence-corrected chi connectivity index (χ1v) is 7.32. The van der Waals surface area contributed by atoms with Gasteiger partial charge in [0, 0.05) is 6.54 Å². The smallest absolute Gasteiger partial charge is 0.243 e. The summed E-state index contributed by atoms with van der Waals surface area (Å²) in [7, 11) is 3.91. The summed E-state index contributed by atoms with van der Waals surface area (Å²) in [6.07, 6.45) is 0.876. The van der Waals surface area contributed by atoms with Gasteiger partial charge in [-0.1, -0.05) is 0 Å². The van der Waals surface area contributed by atoms with Gasteiger partial charge in [0.15, 0.2) is 22.6 Å². The number of rotatable bonds is 7. The van der Waals surface area contributed by atoms with Gasteiger partial charge in [0.2, 0.25) is 5.91 Å². The molecule has 3 N–H and O–H groups in total. The van der Waals surface area contributed by atoms with Crippen molar-refractivity contribution in [2.45, 2.75) is 6.42 Å². The predicted molar refractivity (Wildman–Crippen MR) is 86.7 cm³/mol. The second-order valence-corrected chi connectivity index (χ2v) is 5.45. The number of hydrogen-bond acceptors (Lipinski definition) is 3. The van der Waals surface area contributed by atoms with Crippen LogP contribution in [0.25, 0.3) is 0 Å². The minimum absolute atomic E-state index is 0.224. The third-order valence-corrected chi connectivity index (χ3v) is 3.08. The van der Waals surface area contributed by atoms with Crippen LogP contribution < -0.4 is 16.0 Å². The fraction of sp³-hybridized carbons (Fsp3) is 0.429. The lowest BCUT2D eigenvalue weighted by Crippen LogP contribution is -2.40. The topological polar surface area (TPSA) is 56.4 Å². The van der Waals surface area contributed by atoms with Crippen LogP contribution in [0.3, 0.4) is 0 Å². The van der Waals surface area contributed by atoms with Crippen molar-refractivity contribution in [1.29, 1.82) is 0 Å². The molecule has 0 bridgehead atoms. The number of anilines is 1. The predicted octanol–water partition coefficient (Wildman–Crippen LogP) is 1.46. The fourth-order valence-electron chi connectivity index (χ4n) is 1.64. The molecule has 23 heavy (non-hydrogen) atoms. The number of benzene rings is 1. The lowest BCUT2D eigenvalue weighted by Gasteiger charge is -2.13. The van der Waals surface area contributed by atoms with E-state index in [0.29, 0.717) is 6.54 Å². The first-order valence-electron chi connectivity index (χ1n) is 6.91. The van der Waals surface area contributed by atoms with Crippen LogP contribution in [-0.4, -0.2) is 49.6 Å². The summed E-state index contributed by atoms with van der Waals surface area (Å²) in [5.74, 6) is -5.02. The summed E-state index contributed by atoms with van der Waals surface area (Å²) >= 11 is 4.98. The standard InChI is InChI=1S/C14H19F3N4OS/c1-21(2)7-3-6-18-14(23)19-8-11(22)20-10-5-4-9(15)12(16)13(10)17/h4-5H,3,6-8H2,1-2H3,(H,20,22)(H2,18,19,23). The Bertz CT molecular complexity index is 569. The van der Waals surface area contributed by atoms with E-state index >= 15 is 0 Å². The molecular weight excluding hydrogens is 329 g/mol. The highest BCUT2D eigenvalue weighted by Crippen LogP contribution is 2.19. The molecule has 0 aliphatic carbocycles. The summed E-state index contributed by atoms with van der Waals surface area (Å²) in [6.45, 7) is 1.31. The van der Waals surface area contributed by atoms with Crippen molar-refractivity contribution in [2.75, 3.05) is 39.0 Å². The van der Waals surface area contributed by atoms with E-state index in [1.165, 1.54) is 0 Å². The molecule has 1 aromatic rings. The number of amides is 1. The average molecular weight is 348 g/mol. The van der Waals surface area contributed by atoms with Crippen LogP contribution in [0, 0.1) is 17.5 Å². The Kier molecular flexibility index (Phi) is 7.76. The maximum atomic E-state index is 13.4. The molecule has 0 unspecified atom stereocenters. The van der Waals surface area contributed by atoms with Crippen LogP contribution in [0.4, 0.5) is 18.9 Å².